The van der Waals surface area contributed by atoms with Gasteiger partial charge in [-0.15, -0.1) is 0 Å². The summed E-state index contributed by atoms with van der Waals surface area (Å²) in [6, 6.07) is 16.5. The van der Waals surface area contributed by atoms with Crippen molar-refractivity contribution in [1.82, 2.24) is 10.6 Å². The first-order valence-electron chi connectivity index (χ1n) is 13.3. The number of nitrogens with one attached hydrogen (secondary N) is 2. The molecule has 37 heavy (non-hydrogen) atoms. The van der Waals surface area contributed by atoms with E-state index in [0.29, 0.717) is 12.2 Å². The van der Waals surface area contributed by atoms with Gasteiger partial charge in [0.2, 0.25) is 17.7 Å². The number of fused-ring (bicyclic) bond motifs is 1. The number of benzene rings is 2. The predicted molar refractivity (Wildman–Crippen MR) is 139 cm³/mol. The number of carbonyl (C=O) groups excluding carboxylic acids is 3. The molecular weight excluding hydrogens is 466 g/mol. The van der Waals surface area contributed by atoms with Crippen LogP contribution in [0.25, 0.3) is 0 Å². The molecular formula is C30H33N3O4. The first kappa shape index (κ1) is 23.9. The molecule has 5 atom stereocenters. The van der Waals surface area contributed by atoms with Crippen LogP contribution in [0.3, 0.4) is 0 Å². The molecule has 2 aromatic rings. The molecule has 0 radical (unpaired) electrons. The van der Waals surface area contributed by atoms with Crippen molar-refractivity contribution in [2.24, 2.45) is 11.8 Å². The van der Waals surface area contributed by atoms with Crippen LogP contribution in [0.2, 0.25) is 0 Å². The molecule has 1 aliphatic carbocycles. The fourth-order valence-corrected chi connectivity index (χ4v) is 6.87. The number of amides is 3. The topological polar surface area (TPSA) is 87.7 Å². The average molecular weight is 500 g/mol. The van der Waals surface area contributed by atoms with E-state index >= 15 is 0 Å². The molecule has 2 bridgehead atoms. The molecule has 1 spiro atoms. The molecule has 4 aliphatic rings. The van der Waals surface area contributed by atoms with Crippen molar-refractivity contribution >= 4 is 23.4 Å². The zero-order valence-corrected chi connectivity index (χ0v) is 21.3. The third-order valence-corrected chi connectivity index (χ3v) is 8.61. The molecule has 3 amide bonds. The van der Waals surface area contributed by atoms with Gasteiger partial charge in [-0.2, -0.15) is 0 Å². The first-order valence-corrected chi connectivity index (χ1v) is 13.3. The number of carbonyl (C=O) groups is 3. The van der Waals surface area contributed by atoms with Crippen LogP contribution in [0.4, 0.5) is 5.69 Å². The zero-order valence-electron chi connectivity index (χ0n) is 21.3. The highest BCUT2D eigenvalue weighted by atomic mass is 16.5. The summed E-state index contributed by atoms with van der Waals surface area (Å²) in [7, 11) is 0. The van der Waals surface area contributed by atoms with E-state index in [1.54, 1.807) is 4.90 Å². The summed E-state index contributed by atoms with van der Waals surface area (Å²) in [6.45, 7) is 4.14. The molecule has 3 fully saturated rings. The number of rotatable bonds is 6. The SMILES string of the molecule is Cc1ccccc1N1C(=O)[C@H]2[C@@H](C(=O)NCc3ccccc3)[C@@]3(C)C=C[C@]2(O3)[C@H]1C(=O)NC1CCCC1. The summed E-state index contributed by atoms with van der Waals surface area (Å²) in [5.74, 6) is -2.24. The Balaban J connectivity index is 1.37. The van der Waals surface area contributed by atoms with Crippen LogP contribution >= 0.6 is 0 Å². The molecule has 0 aromatic heterocycles. The molecule has 6 rings (SSSR count). The third kappa shape index (κ3) is 3.71. The molecule has 7 heteroatoms. The molecule has 1 saturated carbocycles. The number of ether oxygens (including phenoxy) is 1. The van der Waals surface area contributed by atoms with Crippen LogP contribution in [0.15, 0.2) is 66.7 Å². The van der Waals surface area contributed by atoms with Gasteiger partial charge in [0.15, 0.2) is 0 Å². The van der Waals surface area contributed by atoms with E-state index in [-0.39, 0.29) is 23.8 Å². The monoisotopic (exact) mass is 499 g/mol. The number of hydrogen-bond acceptors (Lipinski definition) is 4. The maximum Gasteiger partial charge on any atom is 0.246 e. The standard InChI is InChI=1S/C30H33N3O4/c1-19-10-6-9-15-22(19)33-25(27(35)32-21-13-7-8-14-21)30-17-16-29(2,37-30)23(24(30)28(33)36)26(34)31-18-20-11-4-3-5-12-20/h3-6,9-12,15-17,21,23-25H,7-8,13-14,18H2,1-2H3,(H,31,34)(H,32,35)/t23-,24+,25+,29+,30+/m0/s1. The van der Waals surface area contributed by atoms with Crippen molar-refractivity contribution in [1.29, 1.82) is 0 Å². The third-order valence-electron chi connectivity index (χ3n) is 8.61. The summed E-state index contributed by atoms with van der Waals surface area (Å²) in [6.07, 6.45) is 7.79. The molecule has 0 unspecified atom stereocenters. The lowest BCUT2D eigenvalue weighted by atomic mass is 9.70. The molecule has 7 nitrogen and oxygen atoms in total. The summed E-state index contributed by atoms with van der Waals surface area (Å²) < 4.78 is 6.62. The van der Waals surface area contributed by atoms with Gasteiger partial charge in [0.25, 0.3) is 0 Å². The van der Waals surface area contributed by atoms with Gasteiger partial charge >= 0.3 is 0 Å². The number of aryl methyl sites for hydroxylation is 1. The Morgan fingerprint density at radius 2 is 1.70 bits per heavy atom. The van der Waals surface area contributed by atoms with Crippen molar-refractivity contribution < 1.29 is 19.1 Å². The van der Waals surface area contributed by atoms with Gasteiger partial charge in [-0.25, -0.2) is 0 Å². The fraction of sp³-hybridized carbons (Fsp3) is 0.433. The van der Waals surface area contributed by atoms with Gasteiger partial charge < -0.3 is 15.4 Å². The van der Waals surface area contributed by atoms with Gasteiger partial charge in [0, 0.05) is 18.3 Å². The number of hydrogen-bond donors (Lipinski definition) is 2. The smallest absolute Gasteiger partial charge is 0.246 e. The van der Waals surface area contributed by atoms with Crippen molar-refractivity contribution in [2.45, 2.75) is 69.4 Å². The molecule has 192 valence electrons. The summed E-state index contributed by atoms with van der Waals surface area (Å²) >= 11 is 0. The van der Waals surface area contributed by atoms with E-state index in [2.05, 4.69) is 10.6 Å². The van der Waals surface area contributed by atoms with Gasteiger partial charge in [0.1, 0.15) is 11.6 Å². The lowest BCUT2D eigenvalue weighted by molar-refractivity contribution is -0.134. The Kier molecular flexibility index (Phi) is 5.71. The minimum absolute atomic E-state index is 0.0971. The Morgan fingerprint density at radius 1 is 1.00 bits per heavy atom. The highest BCUT2D eigenvalue weighted by Gasteiger charge is 2.76. The Morgan fingerprint density at radius 3 is 2.43 bits per heavy atom. The van der Waals surface area contributed by atoms with Crippen LogP contribution < -0.4 is 15.5 Å². The van der Waals surface area contributed by atoms with E-state index in [1.165, 1.54) is 0 Å². The Bertz CT molecular complexity index is 1270. The van der Waals surface area contributed by atoms with Crippen molar-refractivity contribution in [3.8, 4) is 0 Å². The minimum Gasteiger partial charge on any atom is -0.356 e. The van der Waals surface area contributed by atoms with Gasteiger partial charge in [-0.1, -0.05) is 73.5 Å². The molecule has 3 heterocycles. The second kappa shape index (κ2) is 8.84. The highest BCUT2D eigenvalue weighted by molar-refractivity contribution is 6.10. The number of nitrogens with zero attached hydrogens (tertiary/aromatic N) is 1. The molecule has 2 N–H and O–H groups in total. The lowest BCUT2D eigenvalue weighted by Gasteiger charge is -2.34. The van der Waals surface area contributed by atoms with Crippen LogP contribution in [0.5, 0.6) is 0 Å². The maximum atomic E-state index is 14.3. The highest BCUT2D eigenvalue weighted by Crippen LogP contribution is 2.60. The first-order chi connectivity index (χ1) is 17.8. The molecule has 2 aromatic carbocycles. The van der Waals surface area contributed by atoms with E-state index in [9.17, 15) is 14.4 Å². The largest absolute Gasteiger partial charge is 0.356 e. The second-order valence-corrected chi connectivity index (χ2v) is 11.0. The normalized spacial score (nSPS) is 32.1. The quantitative estimate of drug-likeness (QED) is 0.597. The van der Waals surface area contributed by atoms with E-state index in [1.807, 2.05) is 80.6 Å². The van der Waals surface area contributed by atoms with Crippen molar-refractivity contribution in [2.75, 3.05) is 4.90 Å². The molecule has 3 aliphatic heterocycles. The summed E-state index contributed by atoms with van der Waals surface area (Å²) in [5.41, 5.74) is 0.372. The Labute approximate surface area is 217 Å². The van der Waals surface area contributed by atoms with Gasteiger partial charge in [-0.3, -0.25) is 19.3 Å². The van der Waals surface area contributed by atoms with Crippen molar-refractivity contribution in [3.63, 3.8) is 0 Å². The maximum absolute atomic E-state index is 14.3. The molecule has 2 saturated heterocycles. The van der Waals surface area contributed by atoms with Crippen LogP contribution in [-0.4, -0.2) is 41.0 Å². The Hall–Kier alpha value is -3.45. The average Bonchev–Trinajstić information content (AvgIpc) is 3.63. The summed E-state index contributed by atoms with van der Waals surface area (Å²) in [5, 5.41) is 6.23. The van der Waals surface area contributed by atoms with Crippen LogP contribution in [-0.2, 0) is 25.7 Å². The van der Waals surface area contributed by atoms with E-state index < -0.39 is 29.1 Å². The second-order valence-electron chi connectivity index (χ2n) is 11.0. The minimum atomic E-state index is -1.20. The summed E-state index contributed by atoms with van der Waals surface area (Å²) in [4.78, 5) is 43.5. The fourth-order valence-electron chi connectivity index (χ4n) is 6.87. The zero-order chi connectivity index (χ0) is 25.8. The van der Waals surface area contributed by atoms with Gasteiger partial charge in [-0.05, 0) is 43.9 Å². The number of anilines is 1. The van der Waals surface area contributed by atoms with Crippen molar-refractivity contribution in [3.05, 3.63) is 77.9 Å². The van der Waals surface area contributed by atoms with Gasteiger partial charge in [0.05, 0.1) is 17.4 Å². The van der Waals surface area contributed by atoms with E-state index in [0.717, 1.165) is 36.8 Å². The van der Waals surface area contributed by atoms with Crippen LogP contribution in [0, 0.1) is 18.8 Å². The predicted octanol–water partition coefficient (Wildman–Crippen LogP) is 3.42. The number of para-hydroxylation sites is 1. The van der Waals surface area contributed by atoms with Crippen LogP contribution in [0.1, 0.15) is 43.7 Å². The lowest BCUT2D eigenvalue weighted by Crippen LogP contribution is -2.56. The van der Waals surface area contributed by atoms with E-state index in [4.69, 9.17) is 4.74 Å².